The van der Waals surface area contributed by atoms with Gasteiger partial charge in [-0.25, -0.2) is 13.2 Å². The maximum Gasteiger partial charge on any atom is 0.337 e. The number of hydrogen-bond acceptors (Lipinski definition) is 7. The molecular formula is C17H22N2O6S. The first kappa shape index (κ1) is 19.9. The average Bonchev–Trinajstić information content (AvgIpc) is 2.91. The van der Waals surface area contributed by atoms with Crippen LogP contribution in [0.15, 0.2) is 40.4 Å². The Kier molecular flexibility index (Phi) is 6.04. The molecular weight excluding hydrogens is 360 g/mol. The van der Waals surface area contributed by atoms with Crippen LogP contribution in [-0.2, 0) is 24.2 Å². The fraction of sp³-hybridized carbons (Fsp3) is 0.412. The number of carbonyl (C=O) groups excluding carboxylic acids is 2. The first-order valence-electron chi connectivity index (χ1n) is 8.05. The summed E-state index contributed by atoms with van der Waals surface area (Å²) in [5.74, 6) is -1.12. The second-order valence-corrected chi connectivity index (χ2v) is 8.55. The van der Waals surface area contributed by atoms with Crippen molar-refractivity contribution in [1.82, 2.24) is 4.90 Å². The Hall–Kier alpha value is -2.39. The number of anilines is 1. The predicted molar refractivity (Wildman–Crippen MR) is 95.1 cm³/mol. The van der Waals surface area contributed by atoms with Gasteiger partial charge in [-0.15, -0.1) is 0 Å². The smallest absolute Gasteiger partial charge is 0.337 e. The fourth-order valence-corrected chi connectivity index (χ4v) is 3.62. The molecule has 9 heteroatoms. The minimum atomic E-state index is -3.48. The molecule has 142 valence electrons. The molecule has 0 fully saturated rings. The predicted octanol–water partition coefficient (Wildman–Crippen LogP) is 0.542. The number of aliphatic hydroxyl groups excluding tert-OH is 1. The van der Waals surface area contributed by atoms with Crippen LogP contribution in [0.5, 0.6) is 0 Å². The molecule has 8 nitrogen and oxygen atoms in total. The number of carbonyl (C=O) groups is 2. The van der Waals surface area contributed by atoms with Gasteiger partial charge in [0.05, 0.1) is 36.0 Å². The molecule has 1 aromatic carbocycles. The SMILES string of the molecule is COC(=O)C1=C(Nc2cccc(S(=O)(=O)C(C)C)c2)C(=O)N(CCO)C1. The van der Waals surface area contributed by atoms with E-state index in [1.807, 2.05) is 0 Å². The molecule has 0 aliphatic carbocycles. The first-order valence-corrected chi connectivity index (χ1v) is 9.59. The Bertz CT molecular complexity index is 845. The molecule has 1 aliphatic heterocycles. The van der Waals surface area contributed by atoms with Crippen LogP contribution in [0.4, 0.5) is 5.69 Å². The molecule has 1 amide bonds. The zero-order chi connectivity index (χ0) is 19.5. The number of esters is 1. The van der Waals surface area contributed by atoms with E-state index in [-0.39, 0.29) is 35.9 Å². The van der Waals surface area contributed by atoms with Gasteiger partial charge in [-0.3, -0.25) is 4.79 Å². The Labute approximate surface area is 152 Å². The van der Waals surface area contributed by atoms with Crippen molar-refractivity contribution >= 4 is 27.4 Å². The van der Waals surface area contributed by atoms with Gasteiger partial charge in [0.15, 0.2) is 9.84 Å². The summed E-state index contributed by atoms with van der Waals surface area (Å²) >= 11 is 0. The van der Waals surface area contributed by atoms with Crippen LogP contribution in [0.3, 0.4) is 0 Å². The molecule has 2 N–H and O–H groups in total. The molecule has 0 unspecified atom stereocenters. The number of benzene rings is 1. The highest BCUT2D eigenvalue weighted by Crippen LogP contribution is 2.25. The topological polar surface area (TPSA) is 113 Å². The molecule has 1 aromatic rings. The van der Waals surface area contributed by atoms with Gasteiger partial charge in [0.2, 0.25) is 0 Å². The van der Waals surface area contributed by atoms with Crippen molar-refractivity contribution in [2.45, 2.75) is 24.0 Å². The van der Waals surface area contributed by atoms with Gasteiger partial charge < -0.3 is 20.1 Å². The highest BCUT2D eigenvalue weighted by atomic mass is 32.2. The summed E-state index contributed by atoms with van der Waals surface area (Å²) in [6.07, 6.45) is 0. The lowest BCUT2D eigenvalue weighted by molar-refractivity contribution is -0.136. The molecule has 1 heterocycles. The largest absolute Gasteiger partial charge is 0.466 e. The quantitative estimate of drug-likeness (QED) is 0.662. The fourth-order valence-electron chi connectivity index (χ4n) is 2.52. The molecule has 0 saturated carbocycles. The van der Waals surface area contributed by atoms with E-state index in [2.05, 4.69) is 5.32 Å². The molecule has 0 aromatic heterocycles. The van der Waals surface area contributed by atoms with Gasteiger partial charge >= 0.3 is 5.97 Å². The van der Waals surface area contributed by atoms with E-state index < -0.39 is 27.0 Å². The van der Waals surface area contributed by atoms with Gasteiger partial charge in [0.25, 0.3) is 5.91 Å². The van der Waals surface area contributed by atoms with E-state index in [0.29, 0.717) is 5.69 Å². The summed E-state index contributed by atoms with van der Waals surface area (Å²) < 4.78 is 29.4. The summed E-state index contributed by atoms with van der Waals surface area (Å²) in [5, 5.41) is 11.3. The number of nitrogens with zero attached hydrogens (tertiary/aromatic N) is 1. The zero-order valence-corrected chi connectivity index (χ0v) is 15.7. The van der Waals surface area contributed by atoms with Crippen LogP contribution >= 0.6 is 0 Å². The molecule has 2 rings (SSSR count). The van der Waals surface area contributed by atoms with Gasteiger partial charge in [-0.1, -0.05) is 6.07 Å². The Morgan fingerprint density at radius 2 is 2.08 bits per heavy atom. The lowest BCUT2D eigenvalue weighted by Crippen LogP contribution is -2.31. The van der Waals surface area contributed by atoms with Gasteiger partial charge in [-0.05, 0) is 32.0 Å². The standard InChI is InChI=1S/C17H22N2O6S/c1-11(2)26(23,24)13-6-4-5-12(9-13)18-15-14(17(22)25-3)10-19(7-8-20)16(15)21/h4-6,9,11,18,20H,7-8,10H2,1-3H3. The molecule has 26 heavy (non-hydrogen) atoms. The average molecular weight is 382 g/mol. The Morgan fingerprint density at radius 3 is 2.65 bits per heavy atom. The van der Waals surface area contributed by atoms with Crippen LogP contribution < -0.4 is 5.32 Å². The first-order chi connectivity index (χ1) is 12.2. The second kappa shape index (κ2) is 7.88. The van der Waals surface area contributed by atoms with Crippen LogP contribution in [0.2, 0.25) is 0 Å². The van der Waals surface area contributed by atoms with Crippen LogP contribution in [-0.4, -0.2) is 62.4 Å². The molecule has 0 spiro atoms. The van der Waals surface area contributed by atoms with Crippen molar-refractivity contribution in [3.05, 3.63) is 35.5 Å². The van der Waals surface area contributed by atoms with E-state index in [1.165, 1.54) is 24.1 Å². The maximum absolute atomic E-state index is 12.5. The van der Waals surface area contributed by atoms with Crippen molar-refractivity contribution < 1.29 is 27.9 Å². The van der Waals surface area contributed by atoms with E-state index in [4.69, 9.17) is 9.84 Å². The highest BCUT2D eigenvalue weighted by molar-refractivity contribution is 7.92. The number of amides is 1. The van der Waals surface area contributed by atoms with Crippen molar-refractivity contribution in [3.8, 4) is 0 Å². The van der Waals surface area contributed by atoms with Crippen molar-refractivity contribution in [2.24, 2.45) is 0 Å². The van der Waals surface area contributed by atoms with Gasteiger partial charge in [-0.2, -0.15) is 0 Å². The number of hydrogen-bond donors (Lipinski definition) is 2. The van der Waals surface area contributed by atoms with Crippen molar-refractivity contribution in [3.63, 3.8) is 0 Å². The number of ether oxygens (including phenoxy) is 1. The third kappa shape index (κ3) is 3.88. The minimum Gasteiger partial charge on any atom is -0.466 e. The summed E-state index contributed by atoms with van der Waals surface area (Å²) in [5.41, 5.74) is 0.509. The second-order valence-electron chi connectivity index (χ2n) is 6.04. The summed E-state index contributed by atoms with van der Waals surface area (Å²) in [6.45, 7) is 3.02. The van der Waals surface area contributed by atoms with Gasteiger partial charge in [0, 0.05) is 12.2 Å². The number of nitrogens with one attached hydrogen (secondary N) is 1. The minimum absolute atomic E-state index is 0.0123. The molecule has 0 radical (unpaired) electrons. The lowest BCUT2D eigenvalue weighted by Gasteiger charge is -2.15. The Balaban J connectivity index is 2.39. The van der Waals surface area contributed by atoms with Crippen LogP contribution in [0.1, 0.15) is 13.8 Å². The summed E-state index contributed by atoms with van der Waals surface area (Å²) in [6, 6.07) is 6.05. The third-order valence-corrected chi connectivity index (χ3v) is 6.16. The van der Waals surface area contributed by atoms with Crippen molar-refractivity contribution in [2.75, 3.05) is 32.1 Å². The van der Waals surface area contributed by atoms with E-state index in [1.54, 1.807) is 26.0 Å². The van der Waals surface area contributed by atoms with E-state index >= 15 is 0 Å². The van der Waals surface area contributed by atoms with Gasteiger partial charge in [0.1, 0.15) is 5.70 Å². The van der Waals surface area contributed by atoms with Crippen molar-refractivity contribution in [1.29, 1.82) is 0 Å². The highest BCUT2D eigenvalue weighted by Gasteiger charge is 2.34. The number of aliphatic hydroxyl groups is 1. The molecule has 1 aliphatic rings. The zero-order valence-electron chi connectivity index (χ0n) is 14.9. The number of sulfone groups is 1. The molecule has 0 saturated heterocycles. The van der Waals surface area contributed by atoms with E-state index in [9.17, 15) is 18.0 Å². The van der Waals surface area contributed by atoms with Crippen LogP contribution in [0, 0.1) is 0 Å². The summed E-state index contributed by atoms with van der Waals surface area (Å²) in [4.78, 5) is 25.9. The lowest BCUT2D eigenvalue weighted by atomic mass is 10.2. The third-order valence-electron chi connectivity index (χ3n) is 4.01. The molecule has 0 atom stereocenters. The number of rotatable bonds is 7. The normalized spacial score (nSPS) is 15.0. The monoisotopic (exact) mass is 382 g/mol. The number of β-amino-alcohol motifs (C(OH)–C–C–N with tert-alkyl or cyclic N) is 1. The number of methoxy groups -OCH3 is 1. The Morgan fingerprint density at radius 1 is 1.38 bits per heavy atom. The maximum atomic E-state index is 12.5. The van der Waals surface area contributed by atoms with Crippen LogP contribution in [0.25, 0.3) is 0 Å². The van der Waals surface area contributed by atoms with E-state index in [0.717, 1.165) is 0 Å². The summed E-state index contributed by atoms with van der Waals surface area (Å²) in [7, 11) is -2.27. The molecule has 0 bridgehead atoms.